The van der Waals surface area contributed by atoms with E-state index in [1.54, 1.807) is 72.8 Å². The lowest BCUT2D eigenvalue weighted by Gasteiger charge is -2.38. The Kier molecular flexibility index (Phi) is 15.8. The summed E-state index contributed by atoms with van der Waals surface area (Å²) >= 11 is 0. The van der Waals surface area contributed by atoms with Gasteiger partial charge in [-0.3, -0.25) is 0 Å². The zero-order chi connectivity index (χ0) is 65.1. The maximum Gasteiger partial charge on any atom is 0.229 e. The fourth-order valence-electron chi connectivity index (χ4n) is 13.0. The van der Waals surface area contributed by atoms with E-state index in [-0.39, 0.29) is 22.3 Å². The minimum atomic E-state index is -1.90. The fraction of sp³-hybridized carbons (Fsp3) is 0.0476. The molecule has 0 saturated carbocycles. The summed E-state index contributed by atoms with van der Waals surface area (Å²) in [4.78, 5) is 43.2. The Morgan fingerprint density at radius 2 is 0.260 bits per heavy atom. The molecule has 460 valence electrons. The number of benzene rings is 12. The lowest BCUT2D eigenvalue weighted by atomic mass is 9.81. The normalized spacial score (nSPS) is 16.1. The van der Waals surface area contributed by atoms with Gasteiger partial charge in [-0.25, -0.2) is 57.5 Å². The second kappa shape index (κ2) is 25.3. The van der Waals surface area contributed by atoms with Crippen molar-refractivity contribution >= 4 is 45.7 Å². The zero-order valence-electron chi connectivity index (χ0n) is 51.4. The van der Waals surface area contributed by atoms with Gasteiger partial charge in [-0.05, 0) is 24.3 Å². The minimum Gasteiger partial charge on any atom is -0.243 e. The third kappa shape index (κ3) is 10.5. The molecular formula is C84H56F4N8. The van der Waals surface area contributed by atoms with E-state index in [0.717, 1.165) is 44.5 Å². The number of rotatable bonds is 14. The summed E-state index contributed by atoms with van der Waals surface area (Å²) < 4.78 is 66.0. The molecular weight excluding hydrogens is 1200 g/mol. The highest BCUT2D eigenvalue weighted by Crippen LogP contribution is 2.57. The molecule has 0 spiro atoms. The van der Waals surface area contributed by atoms with Crippen molar-refractivity contribution in [2.45, 2.75) is 22.7 Å². The van der Waals surface area contributed by atoms with Crippen LogP contribution in [0.2, 0.25) is 0 Å². The van der Waals surface area contributed by atoms with Crippen LogP contribution in [-0.4, -0.2) is 45.7 Å². The highest BCUT2D eigenvalue weighted by Gasteiger charge is 2.64. The highest BCUT2D eigenvalue weighted by atomic mass is 19.1. The van der Waals surface area contributed by atoms with Crippen LogP contribution in [0.4, 0.5) is 17.6 Å². The van der Waals surface area contributed by atoms with Gasteiger partial charge in [0.15, 0.2) is 0 Å². The molecule has 8 nitrogen and oxygen atoms in total. The summed E-state index contributed by atoms with van der Waals surface area (Å²) in [6.07, 6.45) is 0. The largest absolute Gasteiger partial charge is 0.243 e. The second-order valence-electron chi connectivity index (χ2n) is 23.2. The monoisotopic (exact) mass is 1250 g/mol. The molecule has 0 saturated heterocycles. The third-order valence-electron chi connectivity index (χ3n) is 17.4. The van der Waals surface area contributed by atoms with Gasteiger partial charge in [-0.2, -0.15) is 0 Å². The van der Waals surface area contributed by atoms with Crippen molar-refractivity contribution in [2.24, 2.45) is 39.9 Å². The molecule has 12 heteroatoms. The van der Waals surface area contributed by atoms with Crippen molar-refractivity contribution in [3.8, 4) is 0 Å². The van der Waals surface area contributed by atoms with Crippen LogP contribution in [0.3, 0.4) is 0 Å². The molecule has 4 aliphatic heterocycles. The molecule has 0 unspecified atom stereocenters. The number of hydrogen-bond acceptors (Lipinski definition) is 8. The average Bonchev–Trinajstić information content (AvgIpc) is 1.48. The zero-order valence-corrected chi connectivity index (χ0v) is 51.4. The van der Waals surface area contributed by atoms with E-state index >= 15 is 17.6 Å². The van der Waals surface area contributed by atoms with Crippen molar-refractivity contribution < 1.29 is 17.6 Å². The highest BCUT2D eigenvalue weighted by molar-refractivity contribution is 6.57. The van der Waals surface area contributed by atoms with Crippen LogP contribution >= 0.6 is 0 Å². The molecule has 16 rings (SSSR count). The molecule has 12 aromatic rings. The second-order valence-corrected chi connectivity index (χ2v) is 23.2. The van der Waals surface area contributed by atoms with Crippen molar-refractivity contribution in [1.82, 2.24) is 0 Å². The van der Waals surface area contributed by atoms with E-state index in [1.165, 1.54) is 24.3 Å². The van der Waals surface area contributed by atoms with Gasteiger partial charge in [0.1, 0.15) is 23.3 Å². The first-order chi connectivity index (χ1) is 47.2. The maximum absolute atomic E-state index is 16.5. The minimum absolute atomic E-state index is 0.127. The van der Waals surface area contributed by atoms with Gasteiger partial charge in [0.25, 0.3) is 0 Å². The quantitative estimate of drug-likeness (QED) is 0.0969. The standard InChI is InChI=1S/2C42H28F2N4/c2*43-35-27-15-13-25-33(35)41(45-37(29-17-5-1-6-18-29)38(46-41)30-19-7-2-8-20-30)42(34-26-14-16-28-36(34)44)47-39(31-21-9-3-10-22-31)40(48-42)32-23-11-4-12-24-32/h2*1-28H. The predicted octanol–water partition coefficient (Wildman–Crippen LogP) is 17.9. The molecule has 96 heavy (non-hydrogen) atoms. The van der Waals surface area contributed by atoms with Crippen LogP contribution in [-0.2, 0) is 22.7 Å². The molecule has 0 bridgehead atoms. The van der Waals surface area contributed by atoms with Gasteiger partial charge < -0.3 is 0 Å². The van der Waals surface area contributed by atoms with Crippen molar-refractivity contribution in [3.63, 3.8) is 0 Å². The van der Waals surface area contributed by atoms with E-state index in [4.69, 9.17) is 39.9 Å². The predicted molar refractivity (Wildman–Crippen MR) is 376 cm³/mol. The molecule has 0 aliphatic carbocycles. The van der Waals surface area contributed by atoms with Crippen LogP contribution in [0.5, 0.6) is 0 Å². The van der Waals surface area contributed by atoms with Gasteiger partial charge in [-0.15, -0.1) is 0 Å². The van der Waals surface area contributed by atoms with E-state index in [2.05, 4.69) is 0 Å². The van der Waals surface area contributed by atoms with E-state index in [0.29, 0.717) is 45.7 Å². The van der Waals surface area contributed by atoms with Gasteiger partial charge in [0.2, 0.25) is 22.7 Å². The molecule has 12 aromatic carbocycles. The van der Waals surface area contributed by atoms with Crippen LogP contribution in [0.1, 0.15) is 66.8 Å². The Bertz CT molecular complexity index is 4270. The summed E-state index contributed by atoms with van der Waals surface area (Å²) in [7, 11) is 0. The van der Waals surface area contributed by atoms with Crippen LogP contribution in [0, 0.1) is 23.3 Å². The Labute approximate surface area is 552 Å². The van der Waals surface area contributed by atoms with E-state index in [9.17, 15) is 0 Å². The van der Waals surface area contributed by atoms with Crippen molar-refractivity contribution in [3.05, 3.63) is 430 Å². The van der Waals surface area contributed by atoms with Crippen molar-refractivity contribution in [2.75, 3.05) is 0 Å². The summed E-state index contributed by atoms with van der Waals surface area (Å²) in [6.45, 7) is 0. The molecule has 4 heterocycles. The molecule has 0 radical (unpaired) electrons. The smallest absolute Gasteiger partial charge is 0.229 e. The molecule has 0 aromatic heterocycles. The lowest BCUT2D eigenvalue weighted by molar-refractivity contribution is 0.242. The van der Waals surface area contributed by atoms with Crippen LogP contribution in [0.15, 0.2) is 380 Å². The third-order valence-corrected chi connectivity index (χ3v) is 17.4. The topological polar surface area (TPSA) is 98.9 Å². The van der Waals surface area contributed by atoms with Gasteiger partial charge in [0.05, 0.1) is 45.7 Å². The maximum atomic E-state index is 16.5. The Balaban J connectivity index is 0.000000158. The lowest BCUT2D eigenvalue weighted by Crippen LogP contribution is -2.44. The summed E-state index contributed by atoms with van der Waals surface area (Å²) in [5.41, 5.74) is 3.37. The summed E-state index contributed by atoms with van der Waals surface area (Å²) in [5, 5.41) is 0. The van der Waals surface area contributed by atoms with Gasteiger partial charge >= 0.3 is 0 Å². The summed E-state index contributed by atoms with van der Waals surface area (Å²) in [6, 6.07) is 103. The first kappa shape index (κ1) is 60.0. The van der Waals surface area contributed by atoms with E-state index < -0.39 is 45.9 Å². The van der Waals surface area contributed by atoms with Crippen molar-refractivity contribution in [1.29, 1.82) is 0 Å². The molecule has 4 aliphatic rings. The average molecular weight is 1250 g/mol. The number of halogens is 4. The number of hydrogen-bond donors (Lipinski definition) is 0. The molecule has 0 amide bonds. The Hall–Kier alpha value is -12.3. The fourth-order valence-corrected chi connectivity index (χ4v) is 13.0. The first-order valence-electron chi connectivity index (χ1n) is 31.4. The Morgan fingerprint density at radius 3 is 0.385 bits per heavy atom. The van der Waals surface area contributed by atoms with Gasteiger partial charge in [0, 0.05) is 66.8 Å². The molecule has 0 atom stereocenters. The Morgan fingerprint density at radius 1 is 0.146 bits per heavy atom. The number of nitrogens with zero attached hydrogens (tertiary/aromatic N) is 8. The SMILES string of the molecule is Fc1ccccc1C1(C2(c3ccccc3F)N=C(c3ccccc3)C(c3ccccc3)=N2)N=C(c2ccccc2)C(c2ccccc2)=N1.Fc1ccccc1C1(C2(c3ccccc3F)N=C(c3ccccc3)C(c3ccccc3)=N2)N=C(c2ccccc2)C(c2ccccc2)=N1. The van der Waals surface area contributed by atoms with Crippen LogP contribution < -0.4 is 0 Å². The van der Waals surface area contributed by atoms with Gasteiger partial charge in [-0.1, -0.05) is 315 Å². The first-order valence-corrected chi connectivity index (χ1v) is 31.4. The number of aliphatic imine (C=N–C) groups is 8. The van der Waals surface area contributed by atoms with E-state index in [1.807, 2.05) is 243 Å². The molecule has 0 N–H and O–H groups in total. The molecule has 0 fully saturated rings. The van der Waals surface area contributed by atoms with Crippen LogP contribution in [0.25, 0.3) is 0 Å². The summed E-state index contributed by atoms with van der Waals surface area (Å²) in [5.74, 6) is -2.21.